The van der Waals surface area contributed by atoms with Crippen LogP contribution in [0.1, 0.15) is 50.6 Å². The van der Waals surface area contributed by atoms with E-state index >= 15 is 0 Å². The molecule has 3 N–H and O–H groups in total. The molecule has 1 aromatic heterocycles. The molecule has 0 bridgehead atoms. The standard InChI is InChI=1S/C27H30F3N3OS.C7H13NO/c1-34-26-17-21(35-2)13-14-24(26)31-15-7-10-20-16-22-23(32-19-8-4-3-5-9-19)11-6-12-25(22)33(20)18-27(28,29)30;1-2-7(4-8-5-7)6-9-3-1/h6,11-14,16-17,19,31-32H,3-5,8-9,15,18H2,1-2H3;8H,1-6H2. The maximum atomic E-state index is 13.4. The van der Waals surface area contributed by atoms with Gasteiger partial charge in [0, 0.05) is 47.1 Å². The fourth-order valence-electron chi connectivity index (χ4n) is 6.22. The van der Waals surface area contributed by atoms with Crippen LogP contribution >= 0.6 is 11.8 Å². The second-order valence-corrected chi connectivity index (χ2v) is 12.8. The number of hydrogen-bond donors (Lipinski definition) is 3. The molecule has 6 rings (SSSR count). The molecule has 0 atom stereocenters. The second kappa shape index (κ2) is 14.9. The number of methoxy groups -OCH3 is 1. The van der Waals surface area contributed by atoms with Gasteiger partial charge in [-0.1, -0.05) is 31.2 Å². The van der Waals surface area contributed by atoms with E-state index in [0.29, 0.717) is 28.4 Å². The quantitative estimate of drug-likeness (QED) is 0.186. The Morgan fingerprint density at radius 3 is 2.55 bits per heavy atom. The normalized spacial score (nSPS) is 18.0. The average molecular weight is 629 g/mol. The Hall–Kier alpha value is -3.00. The number of anilines is 2. The maximum Gasteiger partial charge on any atom is 0.406 e. The predicted molar refractivity (Wildman–Crippen MR) is 174 cm³/mol. The Kier molecular flexibility index (Phi) is 10.9. The van der Waals surface area contributed by atoms with Crippen molar-refractivity contribution in [1.29, 1.82) is 0 Å². The van der Waals surface area contributed by atoms with Crippen molar-refractivity contribution in [3.8, 4) is 17.6 Å². The highest BCUT2D eigenvalue weighted by molar-refractivity contribution is 7.98. The van der Waals surface area contributed by atoms with Crippen molar-refractivity contribution in [2.24, 2.45) is 5.41 Å². The molecule has 2 aromatic carbocycles. The van der Waals surface area contributed by atoms with Gasteiger partial charge in [0.25, 0.3) is 0 Å². The number of fused-ring (bicyclic) bond motifs is 1. The van der Waals surface area contributed by atoms with Gasteiger partial charge in [0.05, 0.1) is 37.2 Å². The second-order valence-electron chi connectivity index (χ2n) is 11.9. The van der Waals surface area contributed by atoms with Gasteiger partial charge in [0.15, 0.2) is 0 Å². The fourth-order valence-corrected chi connectivity index (χ4v) is 6.65. The van der Waals surface area contributed by atoms with Crippen molar-refractivity contribution in [2.45, 2.75) is 68.6 Å². The van der Waals surface area contributed by atoms with Gasteiger partial charge in [-0.25, -0.2) is 0 Å². The number of thioether (sulfide) groups is 1. The molecule has 1 saturated carbocycles. The lowest BCUT2D eigenvalue weighted by Gasteiger charge is -2.44. The monoisotopic (exact) mass is 628 g/mol. The summed E-state index contributed by atoms with van der Waals surface area (Å²) >= 11 is 1.62. The molecule has 3 fully saturated rings. The zero-order valence-corrected chi connectivity index (χ0v) is 26.4. The lowest BCUT2D eigenvalue weighted by molar-refractivity contribution is -0.140. The minimum absolute atomic E-state index is 0.274. The fraction of sp³-hybridized carbons (Fsp3) is 0.529. The van der Waals surface area contributed by atoms with E-state index in [1.165, 1.54) is 49.8 Å². The molecule has 0 radical (unpaired) electrons. The largest absolute Gasteiger partial charge is 0.495 e. The van der Waals surface area contributed by atoms with Crippen molar-refractivity contribution in [3.05, 3.63) is 48.2 Å². The number of rotatable bonds is 7. The van der Waals surface area contributed by atoms with Gasteiger partial charge < -0.3 is 30.0 Å². The Bertz CT molecular complexity index is 1440. The number of hydrogen-bond acceptors (Lipinski definition) is 6. The van der Waals surface area contributed by atoms with Crippen LogP contribution in [0, 0.1) is 17.3 Å². The first-order valence-corrected chi connectivity index (χ1v) is 16.7. The molecule has 0 amide bonds. The van der Waals surface area contributed by atoms with Gasteiger partial charge in [-0.05, 0) is 74.3 Å². The summed E-state index contributed by atoms with van der Waals surface area (Å²) in [5, 5.41) is 10.8. The Labute approximate surface area is 262 Å². The first-order valence-electron chi connectivity index (χ1n) is 15.5. The molecule has 1 spiro atoms. The first-order chi connectivity index (χ1) is 21.3. The summed E-state index contributed by atoms with van der Waals surface area (Å²) in [6.07, 6.45) is 6.05. The zero-order chi connectivity index (χ0) is 31.0. The molecule has 6 nitrogen and oxygen atoms in total. The third-order valence-corrected chi connectivity index (χ3v) is 9.37. The highest BCUT2D eigenvalue weighted by atomic mass is 32.2. The lowest BCUT2D eigenvalue weighted by atomic mass is 9.77. The van der Waals surface area contributed by atoms with Crippen molar-refractivity contribution < 1.29 is 22.6 Å². The van der Waals surface area contributed by atoms with Crippen LogP contribution in [-0.2, 0) is 11.3 Å². The number of nitrogens with zero attached hydrogens (tertiary/aromatic N) is 1. The van der Waals surface area contributed by atoms with Crippen LogP contribution in [0.5, 0.6) is 5.75 Å². The highest BCUT2D eigenvalue weighted by Crippen LogP contribution is 2.33. The number of alkyl halides is 3. The molecular weight excluding hydrogens is 585 g/mol. The van der Waals surface area contributed by atoms with Gasteiger partial charge in [0.1, 0.15) is 12.3 Å². The zero-order valence-electron chi connectivity index (χ0n) is 25.6. The maximum absolute atomic E-state index is 13.4. The summed E-state index contributed by atoms with van der Waals surface area (Å²) in [4.78, 5) is 1.08. The summed E-state index contributed by atoms with van der Waals surface area (Å²) < 4.78 is 52.4. The van der Waals surface area contributed by atoms with E-state index in [1.807, 2.05) is 36.6 Å². The molecular formula is C34H43F3N4O2S. The minimum Gasteiger partial charge on any atom is -0.495 e. The van der Waals surface area contributed by atoms with Crippen LogP contribution in [0.25, 0.3) is 10.9 Å². The van der Waals surface area contributed by atoms with Crippen LogP contribution in [0.2, 0.25) is 0 Å². The number of nitrogens with one attached hydrogen (secondary N) is 3. The molecule has 0 unspecified atom stereocenters. The van der Waals surface area contributed by atoms with E-state index in [-0.39, 0.29) is 6.54 Å². The Morgan fingerprint density at radius 2 is 1.91 bits per heavy atom. The van der Waals surface area contributed by atoms with E-state index in [0.717, 1.165) is 47.7 Å². The van der Waals surface area contributed by atoms with Crippen LogP contribution in [-0.4, -0.2) is 63.0 Å². The predicted octanol–water partition coefficient (Wildman–Crippen LogP) is 7.53. The Morgan fingerprint density at radius 1 is 1.09 bits per heavy atom. The summed E-state index contributed by atoms with van der Waals surface area (Å²) in [5.41, 5.74) is 3.11. The SMILES string of the molecule is C1COCC2(C1)CNC2.COc1cc(SC)ccc1NCC#Cc1cc2c(NC3CCCCC3)cccc2n1CC(F)(F)F. The van der Waals surface area contributed by atoms with E-state index in [2.05, 4.69) is 27.8 Å². The van der Waals surface area contributed by atoms with Crippen molar-refractivity contribution in [1.82, 2.24) is 9.88 Å². The molecule has 10 heteroatoms. The van der Waals surface area contributed by atoms with Gasteiger partial charge >= 0.3 is 6.18 Å². The van der Waals surface area contributed by atoms with E-state index in [9.17, 15) is 13.2 Å². The lowest BCUT2D eigenvalue weighted by Crippen LogP contribution is -2.57. The molecule has 44 heavy (non-hydrogen) atoms. The molecule has 238 valence electrons. The number of aromatic nitrogens is 1. The third kappa shape index (κ3) is 8.38. The topological polar surface area (TPSA) is 59.5 Å². The molecule has 2 aliphatic heterocycles. The minimum atomic E-state index is -4.35. The smallest absolute Gasteiger partial charge is 0.406 e. The molecule has 3 aromatic rings. The molecule has 3 heterocycles. The third-order valence-electron chi connectivity index (χ3n) is 8.64. The van der Waals surface area contributed by atoms with Crippen molar-refractivity contribution in [3.63, 3.8) is 0 Å². The highest BCUT2D eigenvalue weighted by Gasteiger charge is 2.38. The van der Waals surface area contributed by atoms with Crippen LogP contribution in [0.4, 0.5) is 24.5 Å². The molecule has 2 saturated heterocycles. The van der Waals surface area contributed by atoms with Crippen LogP contribution < -0.4 is 20.7 Å². The summed E-state index contributed by atoms with van der Waals surface area (Å²) in [5.74, 6) is 6.65. The van der Waals surface area contributed by atoms with Crippen molar-refractivity contribution in [2.75, 3.05) is 56.8 Å². The van der Waals surface area contributed by atoms with E-state index in [4.69, 9.17) is 9.47 Å². The molecule has 1 aliphatic carbocycles. The summed E-state index contributed by atoms with van der Waals surface area (Å²) in [6, 6.07) is 13.4. The summed E-state index contributed by atoms with van der Waals surface area (Å²) in [7, 11) is 1.60. The average Bonchev–Trinajstić information content (AvgIpc) is 3.36. The van der Waals surface area contributed by atoms with Crippen molar-refractivity contribution >= 4 is 34.0 Å². The van der Waals surface area contributed by atoms with Gasteiger partial charge in [0.2, 0.25) is 0 Å². The summed E-state index contributed by atoms with van der Waals surface area (Å²) in [6.45, 7) is 3.56. The first kappa shape index (κ1) is 32.4. The van der Waals surface area contributed by atoms with Crippen LogP contribution in [0.15, 0.2) is 47.4 Å². The van der Waals surface area contributed by atoms with E-state index < -0.39 is 12.7 Å². The Balaban J connectivity index is 0.000000361. The van der Waals surface area contributed by atoms with Gasteiger partial charge in [-0.15, -0.1) is 11.8 Å². The molecule has 3 aliphatic rings. The number of halogens is 3. The van der Waals surface area contributed by atoms with E-state index in [1.54, 1.807) is 31.0 Å². The van der Waals surface area contributed by atoms with Gasteiger partial charge in [-0.3, -0.25) is 0 Å². The van der Waals surface area contributed by atoms with Crippen LogP contribution in [0.3, 0.4) is 0 Å². The van der Waals surface area contributed by atoms with Gasteiger partial charge in [-0.2, -0.15) is 13.2 Å². The number of benzene rings is 2. The number of ether oxygens (including phenoxy) is 2.